The topological polar surface area (TPSA) is 73.1 Å². The van der Waals surface area contributed by atoms with E-state index in [-0.39, 0.29) is 5.95 Å². The molecule has 0 radical (unpaired) electrons. The maximum atomic E-state index is 5.72. The average molecular weight is 246 g/mol. The van der Waals surface area contributed by atoms with Gasteiger partial charge < -0.3 is 15.8 Å². The molecule has 0 unspecified atom stereocenters. The Morgan fingerprint density at radius 2 is 2.17 bits per heavy atom. The number of ether oxygens (including phenoxy) is 1. The molecule has 18 heavy (non-hydrogen) atoms. The van der Waals surface area contributed by atoms with Crippen molar-refractivity contribution in [3.63, 3.8) is 0 Å². The Hall–Kier alpha value is -2.04. The smallest absolute Gasteiger partial charge is 0.222 e. The molecule has 0 spiro atoms. The number of nitrogens with two attached hydrogens (primary N) is 1. The molecular weight excluding hydrogens is 228 g/mol. The number of fused-ring (bicyclic) bond motifs is 1. The zero-order chi connectivity index (χ0) is 13.0. The number of hydrogen-bond acceptors (Lipinski definition) is 5. The van der Waals surface area contributed by atoms with Crippen LogP contribution in [0.3, 0.4) is 0 Å². The van der Waals surface area contributed by atoms with Gasteiger partial charge >= 0.3 is 0 Å². The molecule has 96 valence electrons. The summed E-state index contributed by atoms with van der Waals surface area (Å²) in [6.45, 7) is 3.03. The number of aromatic nitrogens is 2. The molecule has 0 saturated heterocycles. The van der Waals surface area contributed by atoms with Crippen molar-refractivity contribution in [1.82, 2.24) is 9.97 Å². The van der Waals surface area contributed by atoms with Crippen LogP contribution >= 0.6 is 0 Å². The lowest BCUT2D eigenvalue weighted by molar-refractivity contribution is 0.415. The van der Waals surface area contributed by atoms with E-state index in [2.05, 4.69) is 22.2 Å². The molecule has 0 atom stereocenters. The number of rotatable bonds is 5. The minimum absolute atomic E-state index is 0.273. The van der Waals surface area contributed by atoms with Gasteiger partial charge in [0.25, 0.3) is 0 Å². The zero-order valence-electron chi connectivity index (χ0n) is 10.7. The van der Waals surface area contributed by atoms with Gasteiger partial charge in [-0.3, -0.25) is 0 Å². The highest BCUT2D eigenvalue weighted by atomic mass is 16.5. The van der Waals surface area contributed by atoms with Crippen molar-refractivity contribution in [2.75, 3.05) is 24.7 Å². The molecular formula is C13H18N4O. The zero-order valence-corrected chi connectivity index (χ0v) is 10.7. The van der Waals surface area contributed by atoms with E-state index in [9.17, 15) is 0 Å². The minimum Gasteiger partial charge on any atom is -0.497 e. The summed E-state index contributed by atoms with van der Waals surface area (Å²) in [5, 5.41) is 4.25. The molecule has 1 aromatic carbocycles. The largest absolute Gasteiger partial charge is 0.497 e. The van der Waals surface area contributed by atoms with Gasteiger partial charge in [-0.05, 0) is 18.6 Å². The Kier molecular flexibility index (Phi) is 3.82. The Morgan fingerprint density at radius 3 is 2.89 bits per heavy atom. The van der Waals surface area contributed by atoms with E-state index < -0.39 is 0 Å². The summed E-state index contributed by atoms with van der Waals surface area (Å²) in [4.78, 5) is 8.46. The van der Waals surface area contributed by atoms with Gasteiger partial charge in [0.05, 0.1) is 12.6 Å². The van der Waals surface area contributed by atoms with E-state index in [1.165, 1.54) is 0 Å². The second-order valence-electron chi connectivity index (χ2n) is 4.09. The highest BCUT2D eigenvalue weighted by molar-refractivity contribution is 5.90. The number of unbranched alkanes of at least 4 members (excludes halogenated alkanes) is 1. The fourth-order valence-electron chi connectivity index (χ4n) is 1.77. The van der Waals surface area contributed by atoms with Crippen LogP contribution in [0.15, 0.2) is 18.2 Å². The first-order valence-electron chi connectivity index (χ1n) is 6.09. The van der Waals surface area contributed by atoms with Gasteiger partial charge in [-0.25, -0.2) is 4.98 Å². The van der Waals surface area contributed by atoms with Crippen LogP contribution in [-0.4, -0.2) is 23.6 Å². The average Bonchev–Trinajstić information content (AvgIpc) is 2.38. The molecule has 0 aliphatic rings. The molecule has 5 nitrogen and oxygen atoms in total. The van der Waals surface area contributed by atoms with Crippen molar-refractivity contribution in [3.05, 3.63) is 18.2 Å². The molecule has 0 bridgehead atoms. The van der Waals surface area contributed by atoms with Crippen molar-refractivity contribution in [1.29, 1.82) is 0 Å². The third-order valence-corrected chi connectivity index (χ3v) is 2.74. The summed E-state index contributed by atoms with van der Waals surface area (Å²) in [5.74, 6) is 1.82. The fourth-order valence-corrected chi connectivity index (χ4v) is 1.77. The number of methoxy groups -OCH3 is 1. The van der Waals surface area contributed by atoms with Crippen molar-refractivity contribution in [3.8, 4) is 5.75 Å². The summed E-state index contributed by atoms with van der Waals surface area (Å²) in [6, 6.07) is 5.70. The van der Waals surface area contributed by atoms with Gasteiger partial charge in [-0.1, -0.05) is 13.3 Å². The van der Waals surface area contributed by atoms with Crippen LogP contribution in [0.1, 0.15) is 19.8 Å². The molecule has 0 fully saturated rings. The van der Waals surface area contributed by atoms with Crippen LogP contribution in [-0.2, 0) is 0 Å². The molecule has 5 heteroatoms. The van der Waals surface area contributed by atoms with Crippen LogP contribution in [0.25, 0.3) is 10.9 Å². The first kappa shape index (κ1) is 12.4. The van der Waals surface area contributed by atoms with E-state index in [1.54, 1.807) is 7.11 Å². The summed E-state index contributed by atoms with van der Waals surface area (Å²) < 4.78 is 5.18. The fraction of sp³-hybridized carbons (Fsp3) is 0.385. The predicted octanol–water partition coefficient (Wildman–Crippen LogP) is 2.43. The SMILES string of the molecule is CCCCNc1nc(N)nc2cc(OC)ccc12. The Balaban J connectivity index is 2.39. The second kappa shape index (κ2) is 5.53. The molecule has 2 aromatic rings. The lowest BCUT2D eigenvalue weighted by atomic mass is 10.2. The van der Waals surface area contributed by atoms with E-state index in [0.717, 1.165) is 41.9 Å². The predicted molar refractivity (Wildman–Crippen MR) is 73.9 cm³/mol. The maximum Gasteiger partial charge on any atom is 0.222 e. The molecule has 1 aromatic heterocycles. The van der Waals surface area contributed by atoms with Gasteiger partial charge in [0, 0.05) is 18.0 Å². The van der Waals surface area contributed by atoms with Gasteiger partial charge in [-0.2, -0.15) is 4.98 Å². The first-order chi connectivity index (χ1) is 8.74. The maximum absolute atomic E-state index is 5.72. The lowest BCUT2D eigenvalue weighted by Gasteiger charge is -2.09. The van der Waals surface area contributed by atoms with Crippen LogP contribution in [0.5, 0.6) is 5.75 Å². The number of anilines is 2. The van der Waals surface area contributed by atoms with E-state index >= 15 is 0 Å². The van der Waals surface area contributed by atoms with Gasteiger partial charge in [0.15, 0.2) is 0 Å². The van der Waals surface area contributed by atoms with Gasteiger partial charge in [0.1, 0.15) is 11.6 Å². The normalized spacial score (nSPS) is 10.6. The number of benzene rings is 1. The van der Waals surface area contributed by atoms with Crippen LogP contribution in [0.4, 0.5) is 11.8 Å². The van der Waals surface area contributed by atoms with Crippen molar-refractivity contribution < 1.29 is 4.74 Å². The molecule has 2 rings (SSSR count). The van der Waals surface area contributed by atoms with Crippen molar-refractivity contribution >= 4 is 22.7 Å². The Morgan fingerprint density at radius 1 is 1.33 bits per heavy atom. The summed E-state index contributed by atoms with van der Waals surface area (Å²) in [7, 11) is 1.63. The molecule has 0 saturated carbocycles. The second-order valence-corrected chi connectivity index (χ2v) is 4.09. The molecule has 0 amide bonds. The van der Waals surface area contributed by atoms with Crippen LogP contribution in [0, 0.1) is 0 Å². The molecule has 1 heterocycles. The number of nitrogens with one attached hydrogen (secondary N) is 1. The monoisotopic (exact) mass is 246 g/mol. The molecule has 3 N–H and O–H groups in total. The molecule has 0 aliphatic carbocycles. The van der Waals surface area contributed by atoms with E-state index in [0.29, 0.717) is 0 Å². The van der Waals surface area contributed by atoms with E-state index in [4.69, 9.17) is 10.5 Å². The molecule has 0 aliphatic heterocycles. The van der Waals surface area contributed by atoms with Crippen LogP contribution in [0.2, 0.25) is 0 Å². The van der Waals surface area contributed by atoms with Crippen molar-refractivity contribution in [2.24, 2.45) is 0 Å². The highest BCUT2D eigenvalue weighted by Gasteiger charge is 2.06. The Labute approximate surface area is 106 Å². The Bertz CT molecular complexity index is 542. The highest BCUT2D eigenvalue weighted by Crippen LogP contribution is 2.25. The minimum atomic E-state index is 0.273. The number of hydrogen-bond donors (Lipinski definition) is 2. The van der Waals surface area contributed by atoms with Crippen LogP contribution < -0.4 is 15.8 Å². The quantitative estimate of drug-likeness (QED) is 0.793. The third kappa shape index (κ3) is 2.61. The summed E-state index contributed by atoms with van der Waals surface area (Å²) >= 11 is 0. The number of nitrogen functional groups attached to an aromatic ring is 1. The summed E-state index contributed by atoms with van der Waals surface area (Å²) in [6.07, 6.45) is 2.24. The first-order valence-corrected chi connectivity index (χ1v) is 6.09. The van der Waals surface area contributed by atoms with Gasteiger partial charge in [-0.15, -0.1) is 0 Å². The standard InChI is InChI=1S/C13H18N4O/c1-3-4-7-15-12-10-6-5-9(18-2)8-11(10)16-13(14)17-12/h5-6,8H,3-4,7H2,1-2H3,(H3,14,15,16,17). The summed E-state index contributed by atoms with van der Waals surface area (Å²) in [5.41, 5.74) is 6.51. The number of nitrogens with zero attached hydrogens (tertiary/aromatic N) is 2. The van der Waals surface area contributed by atoms with Gasteiger partial charge in [0.2, 0.25) is 5.95 Å². The van der Waals surface area contributed by atoms with E-state index in [1.807, 2.05) is 18.2 Å². The third-order valence-electron chi connectivity index (χ3n) is 2.74. The lowest BCUT2D eigenvalue weighted by Crippen LogP contribution is -2.06. The van der Waals surface area contributed by atoms with Crippen molar-refractivity contribution in [2.45, 2.75) is 19.8 Å².